The Morgan fingerprint density at radius 2 is 2.15 bits per heavy atom. The van der Waals surface area contributed by atoms with Crippen LogP contribution in [0, 0.1) is 6.92 Å². The summed E-state index contributed by atoms with van der Waals surface area (Å²) in [7, 11) is 0. The molecule has 0 aliphatic heterocycles. The molecule has 0 radical (unpaired) electrons. The molecule has 0 saturated carbocycles. The van der Waals surface area contributed by atoms with E-state index >= 15 is 0 Å². The summed E-state index contributed by atoms with van der Waals surface area (Å²) in [4.78, 5) is 11.4. The lowest BCUT2D eigenvalue weighted by molar-refractivity contribution is 0.0921. The molecule has 7 heteroatoms. The van der Waals surface area contributed by atoms with Gasteiger partial charge < -0.3 is 9.15 Å². The minimum atomic E-state index is -0.491. The molecule has 1 amide bonds. The molecule has 0 aliphatic carbocycles. The first-order valence-corrected chi connectivity index (χ1v) is 6.45. The van der Waals surface area contributed by atoms with Crippen LogP contribution < -0.4 is 16.0 Å². The molecule has 0 bridgehead atoms. The Hall–Kier alpha value is -1.69. The first-order chi connectivity index (χ1) is 9.51. The highest BCUT2D eigenvalue weighted by atomic mass is 35.5. The lowest BCUT2D eigenvalue weighted by Crippen LogP contribution is -2.30. The highest BCUT2D eigenvalue weighted by Crippen LogP contribution is 2.28. The summed E-state index contributed by atoms with van der Waals surface area (Å²) in [5, 5.41) is 0.959. The van der Waals surface area contributed by atoms with Crippen LogP contribution in [0.15, 0.2) is 28.7 Å². The predicted octanol–water partition coefficient (Wildman–Crippen LogP) is 3.08. The summed E-state index contributed by atoms with van der Waals surface area (Å²) >= 11 is 11.8. The second-order valence-electron chi connectivity index (χ2n) is 4.06. The van der Waals surface area contributed by atoms with Crippen molar-refractivity contribution in [3.05, 3.63) is 51.4 Å². The van der Waals surface area contributed by atoms with Gasteiger partial charge in [-0.3, -0.25) is 10.2 Å². The third-order valence-electron chi connectivity index (χ3n) is 2.57. The highest BCUT2D eigenvalue weighted by Gasteiger charge is 2.15. The zero-order valence-electron chi connectivity index (χ0n) is 10.6. The minimum Gasteiger partial charge on any atom is -0.484 e. The van der Waals surface area contributed by atoms with Gasteiger partial charge in [0.1, 0.15) is 18.1 Å². The second kappa shape index (κ2) is 6.17. The van der Waals surface area contributed by atoms with Gasteiger partial charge in [0.15, 0.2) is 5.76 Å². The molecule has 5 nitrogen and oxygen atoms in total. The van der Waals surface area contributed by atoms with E-state index < -0.39 is 5.91 Å². The van der Waals surface area contributed by atoms with Crippen molar-refractivity contribution < 1.29 is 13.9 Å². The van der Waals surface area contributed by atoms with E-state index in [2.05, 4.69) is 0 Å². The maximum Gasteiger partial charge on any atom is 0.301 e. The van der Waals surface area contributed by atoms with E-state index in [1.54, 1.807) is 31.2 Å². The van der Waals surface area contributed by atoms with E-state index in [-0.39, 0.29) is 12.4 Å². The van der Waals surface area contributed by atoms with Gasteiger partial charge in [-0.15, -0.1) is 0 Å². The van der Waals surface area contributed by atoms with Crippen LogP contribution >= 0.6 is 23.2 Å². The summed E-state index contributed by atoms with van der Waals surface area (Å²) in [6.45, 7) is 1.86. The number of aryl methyl sites for hydroxylation is 1. The van der Waals surface area contributed by atoms with Gasteiger partial charge in [-0.2, -0.15) is 0 Å². The first kappa shape index (κ1) is 14.7. The number of halogens is 2. The molecule has 0 aliphatic rings. The van der Waals surface area contributed by atoms with E-state index in [1.807, 2.05) is 5.43 Å². The number of rotatable bonds is 4. The number of benzene rings is 1. The normalized spacial score (nSPS) is 10.4. The number of hydrazine groups is 1. The molecule has 3 N–H and O–H groups in total. The maximum absolute atomic E-state index is 11.4. The first-order valence-electron chi connectivity index (χ1n) is 5.69. The van der Waals surface area contributed by atoms with Gasteiger partial charge in [0.2, 0.25) is 0 Å². The predicted molar refractivity (Wildman–Crippen MR) is 75.9 cm³/mol. The van der Waals surface area contributed by atoms with Crippen molar-refractivity contribution in [2.45, 2.75) is 13.5 Å². The number of furan rings is 1. The Morgan fingerprint density at radius 3 is 2.85 bits per heavy atom. The van der Waals surface area contributed by atoms with Crippen molar-refractivity contribution in [3.8, 4) is 5.75 Å². The number of nitrogens with one attached hydrogen (secondary N) is 1. The molecular formula is C13H12Cl2N2O3. The van der Waals surface area contributed by atoms with Crippen molar-refractivity contribution in [1.82, 2.24) is 5.43 Å². The van der Waals surface area contributed by atoms with Gasteiger partial charge in [0.05, 0.1) is 5.02 Å². The number of ether oxygens (including phenoxy) is 1. The third-order valence-corrected chi connectivity index (χ3v) is 3.12. The molecular weight excluding hydrogens is 303 g/mol. The molecule has 2 rings (SSSR count). The van der Waals surface area contributed by atoms with Crippen LogP contribution in [0.4, 0.5) is 0 Å². The van der Waals surface area contributed by atoms with Crippen LogP contribution in [0.25, 0.3) is 0 Å². The number of nitrogen functional groups attached to an aromatic ring is 1. The topological polar surface area (TPSA) is 77.5 Å². The number of hydrogen-bond donors (Lipinski definition) is 2. The SMILES string of the molecule is Cc1cc(COc2cc(Cl)ccc2Cl)oc1C(=O)NN. The van der Waals surface area contributed by atoms with Gasteiger partial charge in [0.25, 0.3) is 0 Å². The monoisotopic (exact) mass is 314 g/mol. The summed E-state index contributed by atoms with van der Waals surface area (Å²) in [5.74, 6) is 5.65. The lowest BCUT2D eigenvalue weighted by atomic mass is 10.2. The van der Waals surface area contributed by atoms with Gasteiger partial charge in [-0.1, -0.05) is 23.2 Å². The van der Waals surface area contributed by atoms with E-state index in [4.69, 9.17) is 38.2 Å². The van der Waals surface area contributed by atoms with E-state index in [9.17, 15) is 4.79 Å². The largest absolute Gasteiger partial charge is 0.484 e. The number of nitrogens with two attached hydrogens (primary N) is 1. The zero-order valence-corrected chi connectivity index (χ0v) is 12.1. The van der Waals surface area contributed by atoms with E-state index in [0.717, 1.165) is 0 Å². The highest BCUT2D eigenvalue weighted by molar-refractivity contribution is 6.34. The number of amides is 1. The molecule has 0 spiro atoms. The van der Waals surface area contributed by atoms with Gasteiger partial charge in [-0.05, 0) is 25.1 Å². The Morgan fingerprint density at radius 1 is 1.40 bits per heavy atom. The van der Waals surface area contributed by atoms with Crippen LogP contribution in [-0.4, -0.2) is 5.91 Å². The summed E-state index contributed by atoms with van der Waals surface area (Å²) < 4.78 is 10.9. The molecule has 1 aromatic heterocycles. The van der Waals surface area contributed by atoms with Crippen LogP contribution in [0.5, 0.6) is 5.75 Å². The molecule has 0 fully saturated rings. The van der Waals surface area contributed by atoms with Crippen LogP contribution in [-0.2, 0) is 6.61 Å². The molecule has 1 heterocycles. The zero-order chi connectivity index (χ0) is 14.7. The van der Waals surface area contributed by atoms with Gasteiger partial charge in [-0.25, -0.2) is 5.84 Å². The van der Waals surface area contributed by atoms with E-state index in [1.165, 1.54) is 0 Å². The number of carbonyl (C=O) groups excluding carboxylic acids is 1. The van der Waals surface area contributed by atoms with Crippen LogP contribution in [0.2, 0.25) is 10.0 Å². The van der Waals surface area contributed by atoms with Crippen LogP contribution in [0.1, 0.15) is 21.9 Å². The Balaban J connectivity index is 2.11. The van der Waals surface area contributed by atoms with Crippen molar-refractivity contribution in [3.63, 3.8) is 0 Å². The number of hydrogen-bond acceptors (Lipinski definition) is 4. The fourth-order valence-corrected chi connectivity index (χ4v) is 1.98. The van der Waals surface area contributed by atoms with Crippen LogP contribution in [0.3, 0.4) is 0 Å². The summed E-state index contributed by atoms with van der Waals surface area (Å²) in [6.07, 6.45) is 0. The van der Waals surface area contributed by atoms with Crippen molar-refractivity contribution in [2.75, 3.05) is 0 Å². The summed E-state index contributed by atoms with van der Waals surface area (Å²) in [5.41, 5.74) is 2.68. The van der Waals surface area contributed by atoms with Gasteiger partial charge >= 0.3 is 5.91 Å². The fraction of sp³-hybridized carbons (Fsp3) is 0.154. The molecule has 106 valence electrons. The molecule has 0 saturated heterocycles. The van der Waals surface area contributed by atoms with Crippen molar-refractivity contribution in [2.24, 2.45) is 5.84 Å². The maximum atomic E-state index is 11.4. The quantitative estimate of drug-likeness (QED) is 0.516. The Labute approximate surface area is 125 Å². The van der Waals surface area contributed by atoms with E-state index in [0.29, 0.717) is 27.1 Å². The minimum absolute atomic E-state index is 0.124. The van der Waals surface area contributed by atoms with Crippen molar-refractivity contribution in [1.29, 1.82) is 0 Å². The molecule has 20 heavy (non-hydrogen) atoms. The van der Waals surface area contributed by atoms with Crippen molar-refractivity contribution >= 4 is 29.1 Å². The summed E-state index contributed by atoms with van der Waals surface area (Å²) in [6, 6.07) is 6.60. The smallest absolute Gasteiger partial charge is 0.301 e. The molecule has 0 atom stereocenters. The number of carbonyl (C=O) groups is 1. The Kier molecular flexibility index (Phi) is 4.54. The lowest BCUT2D eigenvalue weighted by Gasteiger charge is -2.06. The molecule has 0 unspecified atom stereocenters. The fourth-order valence-electron chi connectivity index (χ4n) is 1.65. The molecule has 2 aromatic rings. The average Bonchev–Trinajstić information content (AvgIpc) is 2.80. The van der Waals surface area contributed by atoms with Gasteiger partial charge in [0, 0.05) is 16.7 Å². The second-order valence-corrected chi connectivity index (χ2v) is 4.91. The standard InChI is InChI=1S/C13H12Cl2N2O3/c1-7-4-9(20-12(7)13(18)17-16)6-19-11-5-8(14)2-3-10(11)15/h2-5H,6,16H2,1H3,(H,17,18). The Bertz CT molecular complexity index is 641. The average molecular weight is 315 g/mol. The third kappa shape index (κ3) is 3.25. The molecule has 1 aromatic carbocycles.